The van der Waals surface area contributed by atoms with E-state index in [1.165, 1.54) is 6.07 Å². The number of hydrogen-bond donors (Lipinski definition) is 0. The molecule has 0 aliphatic heterocycles. The van der Waals surface area contributed by atoms with Crippen LogP contribution in [0.3, 0.4) is 0 Å². The summed E-state index contributed by atoms with van der Waals surface area (Å²) >= 11 is 9.09. The second kappa shape index (κ2) is 5.14. The van der Waals surface area contributed by atoms with Crippen LogP contribution in [0, 0.1) is 5.82 Å². The molecule has 1 aromatic heterocycles. The molecule has 3 nitrogen and oxygen atoms in total. The molecule has 0 saturated carbocycles. The zero-order valence-corrected chi connectivity index (χ0v) is 11.4. The first-order valence-electron chi connectivity index (χ1n) is 5.04. The molecule has 0 saturated heterocycles. The van der Waals surface area contributed by atoms with Crippen LogP contribution >= 0.6 is 27.5 Å². The fourth-order valence-corrected chi connectivity index (χ4v) is 1.83. The summed E-state index contributed by atoms with van der Waals surface area (Å²) in [7, 11) is 0. The van der Waals surface area contributed by atoms with Crippen LogP contribution < -0.4 is 0 Å². The highest BCUT2D eigenvalue weighted by Gasteiger charge is 2.08. The summed E-state index contributed by atoms with van der Waals surface area (Å²) in [5, 5.41) is 7.61. The lowest BCUT2D eigenvalue weighted by atomic mass is 10.2. The monoisotopic (exact) mass is 317 g/mol. The molecule has 0 bridgehead atoms. The Morgan fingerprint density at radius 3 is 2.88 bits per heavy atom. The maximum absolute atomic E-state index is 13.6. The van der Waals surface area contributed by atoms with Crippen molar-refractivity contribution in [1.82, 2.24) is 15.0 Å². The molecule has 1 aromatic carbocycles. The minimum absolute atomic E-state index is 0.196. The van der Waals surface area contributed by atoms with E-state index >= 15 is 0 Å². The lowest BCUT2D eigenvalue weighted by Crippen LogP contribution is -2.02. The third-order valence-corrected chi connectivity index (χ3v) is 3.03. The summed E-state index contributed by atoms with van der Waals surface area (Å²) in [6.07, 6.45) is 1.72. The van der Waals surface area contributed by atoms with Gasteiger partial charge in [-0.3, -0.25) is 0 Å². The van der Waals surface area contributed by atoms with Crippen LogP contribution in [0.1, 0.15) is 23.6 Å². The van der Waals surface area contributed by atoms with E-state index in [9.17, 15) is 4.39 Å². The van der Waals surface area contributed by atoms with Gasteiger partial charge in [0, 0.05) is 10.0 Å². The Kier molecular flexibility index (Phi) is 3.79. The quantitative estimate of drug-likeness (QED) is 0.811. The standard InChI is InChI=1S/C11H10BrClFN3/c1-7(13)11-6-17(16-15-11)5-8-2-3-9(12)4-10(8)14/h2-4,6-7H,5H2,1H3. The Hall–Kier alpha value is -0.940. The predicted molar refractivity (Wildman–Crippen MR) is 67.5 cm³/mol. The highest BCUT2D eigenvalue weighted by atomic mass is 79.9. The molecule has 1 atom stereocenters. The van der Waals surface area contributed by atoms with Gasteiger partial charge in [0.1, 0.15) is 11.5 Å². The van der Waals surface area contributed by atoms with Gasteiger partial charge < -0.3 is 0 Å². The number of benzene rings is 1. The van der Waals surface area contributed by atoms with E-state index in [0.29, 0.717) is 22.3 Å². The van der Waals surface area contributed by atoms with Crippen LogP contribution in [0.2, 0.25) is 0 Å². The van der Waals surface area contributed by atoms with Crippen LogP contribution in [-0.4, -0.2) is 15.0 Å². The van der Waals surface area contributed by atoms with Crippen LogP contribution in [0.25, 0.3) is 0 Å². The molecular formula is C11H10BrClFN3. The van der Waals surface area contributed by atoms with Crippen molar-refractivity contribution < 1.29 is 4.39 Å². The van der Waals surface area contributed by atoms with E-state index in [2.05, 4.69) is 26.2 Å². The summed E-state index contributed by atoms with van der Waals surface area (Å²) in [5.41, 5.74) is 1.25. The second-order valence-corrected chi connectivity index (χ2v) is 5.26. The van der Waals surface area contributed by atoms with Crippen molar-refractivity contribution in [3.63, 3.8) is 0 Å². The lowest BCUT2D eigenvalue weighted by molar-refractivity contribution is 0.576. The lowest BCUT2D eigenvalue weighted by Gasteiger charge is -2.03. The van der Waals surface area contributed by atoms with Crippen molar-refractivity contribution in [2.45, 2.75) is 18.8 Å². The number of hydrogen-bond acceptors (Lipinski definition) is 2. The van der Waals surface area contributed by atoms with Crippen LogP contribution in [0.15, 0.2) is 28.9 Å². The minimum atomic E-state index is -0.268. The van der Waals surface area contributed by atoms with E-state index in [-0.39, 0.29) is 11.2 Å². The largest absolute Gasteiger partial charge is 0.248 e. The second-order valence-electron chi connectivity index (χ2n) is 3.69. The number of alkyl halides is 1. The number of rotatable bonds is 3. The summed E-state index contributed by atoms with van der Waals surface area (Å²) in [6, 6.07) is 4.93. The van der Waals surface area contributed by atoms with Crippen molar-refractivity contribution in [3.8, 4) is 0 Å². The van der Waals surface area contributed by atoms with Crippen molar-refractivity contribution >= 4 is 27.5 Å². The van der Waals surface area contributed by atoms with Gasteiger partial charge in [-0.2, -0.15) is 0 Å². The molecule has 0 N–H and O–H groups in total. The zero-order valence-electron chi connectivity index (χ0n) is 9.07. The fourth-order valence-electron chi connectivity index (χ4n) is 1.40. The first kappa shape index (κ1) is 12.5. The molecule has 2 aromatic rings. The minimum Gasteiger partial charge on any atom is -0.248 e. The highest BCUT2D eigenvalue weighted by molar-refractivity contribution is 9.10. The third-order valence-electron chi connectivity index (χ3n) is 2.31. The SMILES string of the molecule is CC(Cl)c1cn(Cc2ccc(Br)cc2F)nn1. The topological polar surface area (TPSA) is 30.7 Å². The Balaban J connectivity index is 2.19. The Bertz CT molecular complexity index is 527. The number of nitrogens with zero attached hydrogens (tertiary/aromatic N) is 3. The van der Waals surface area contributed by atoms with Gasteiger partial charge in [0.05, 0.1) is 18.1 Å². The van der Waals surface area contributed by atoms with E-state index < -0.39 is 0 Å². The van der Waals surface area contributed by atoms with E-state index in [0.717, 1.165) is 0 Å². The maximum Gasteiger partial charge on any atom is 0.129 e. The average Bonchev–Trinajstić information content (AvgIpc) is 2.71. The molecule has 1 unspecified atom stereocenters. The summed E-state index contributed by atoms with van der Waals surface area (Å²) < 4.78 is 15.9. The van der Waals surface area contributed by atoms with Crippen molar-refractivity contribution in [2.24, 2.45) is 0 Å². The third kappa shape index (κ3) is 3.04. The van der Waals surface area contributed by atoms with E-state index in [4.69, 9.17) is 11.6 Å². The first-order valence-corrected chi connectivity index (χ1v) is 6.27. The fraction of sp³-hybridized carbons (Fsp3) is 0.273. The Morgan fingerprint density at radius 1 is 1.53 bits per heavy atom. The molecule has 0 aliphatic rings. The van der Waals surface area contributed by atoms with E-state index in [1.807, 2.05) is 6.92 Å². The van der Waals surface area contributed by atoms with Gasteiger partial charge >= 0.3 is 0 Å². The molecule has 0 spiro atoms. The summed E-state index contributed by atoms with van der Waals surface area (Å²) in [5.74, 6) is -0.268. The molecule has 6 heteroatoms. The van der Waals surface area contributed by atoms with E-state index in [1.54, 1.807) is 23.0 Å². The Labute approximate surface area is 112 Å². The molecule has 17 heavy (non-hydrogen) atoms. The van der Waals surface area contributed by atoms with Crippen molar-refractivity contribution in [2.75, 3.05) is 0 Å². The van der Waals surface area contributed by atoms with Gasteiger partial charge in [0.2, 0.25) is 0 Å². The molecule has 90 valence electrons. The van der Waals surface area contributed by atoms with Crippen LogP contribution in [0.4, 0.5) is 4.39 Å². The Morgan fingerprint density at radius 2 is 2.29 bits per heavy atom. The molecule has 0 radical (unpaired) electrons. The van der Waals surface area contributed by atoms with Gasteiger partial charge in [0.25, 0.3) is 0 Å². The molecular weight excluding hydrogens is 308 g/mol. The molecule has 0 fully saturated rings. The van der Waals surface area contributed by atoms with Crippen molar-refractivity contribution in [1.29, 1.82) is 0 Å². The van der Waals surface area contributed by atoms with Gasteiger partial charge in [-0.1, -0.05) is 27.2 Å². The highest BCUT2D eigenvalue weighted by Crippen LogP contribution is 2.18. The van der Waals surface area contributed by atoms with Gasteiger partial charge in [-0.15, -0.1) is 16.7 Å². The molecule has 1 heterocycles. The van der Waals surface area contributed by atoms with Gasteiger partial charge in [-0.25, -0.2) is 9.07 Å². The molecule has 0 aliphatic carbocycles. The van der Waals surface area contributed by atoms with Gasteiger partial charge in [-0.05, 0) is 19.1 Å². The summed E-state index contributed by atoms with van der Waals surface area (Å²) in [4.78, 5) is 0. The number of aromatic nitrogens is 3. The molecule has 0 amide bonds. The number of halogens is 3. The van der Waals surface area contributed by atoms with Gasteiger partial charge in [0.15, 0.2) is 0 Å². The zero-order chi connectivity index (χ0) is 12.4. The van der Waals surface area contributed by atoms with Crippen LogP contribution in [0.5, 0.6) is 0 Å². The van der Waals surface area contributed by atoms with Crippen molar-refractivity contribution in [3.05, 3.63) is 45.9 Å². The predicted octanol–water partition coefficient (Wildman–Crippen LogP) is 3.53. The molecule has 2 rings (SSSR count). The smallest absolute Gasteiger partial charge is 0.129 e. The first-order chi connectivity index (χ1) is 8.06. The normalized spacial score (nSPS) is 12.7. The average molecular weight is 319 g/mol. The maximum atomic E-state index is 13.6. The van der Waals surface area contributed by atoms with Crippen LogP contribution in [-0.2, 0) is 6.54 Å². The summed E-state index contributed by atoms with van der Waals surface area (Å²) in [6.45, 7) is 2.16.